The molecule has 0 saturated heterocycles. The number of benzene rings is 1. The van der Waals surface area contributed by atoms with Crippen molar-refractivity contribution in [1.29, 1.82) is 10.5 Å². The zero-order valence-electron chi connectivity index (χ0n) is 16.9. The van der Waals surface area contributed by atoms with E-state index in [4.69, 9.17) is 0 Å². The maximum Gasteiger partial charge on any atom is 0.103 e. The topological polar surface area (TPSA) is 82.7 Å². The van der Waals surface area contributed by atoms with Crippen LogP contribution in [0.15, 0.2) is 64.9 Å². The summed E-state index contributed by atoms with van der Waals surface area (Å²) in [6, 6.07) is 14.5. The standard InChI is InChI=1S/C24H20N6S/c25-11-17-6-4-5-9-22(17)31-23-10-18(15-30-24(23)19(12-26)13-28-30)20-14-27-29(16-20)21-7-2-1-3-8-21/h4-6,9-10,13-16,21H,1-3,7-8H2. The van der Waals surface area contributed by atoms with Crippen LogP contribution in [0.25, 0.3) is 16.6 Å². The maximum absolute atomic E-state index is 9.57. The molecule has 3 aromatic heterocycles. The fraction of sp³-hybridized carbons (Fsp3) is 0.250. The molecular weight excluding hydrogens is 404 g/mol. The molecule has 0 aliphatic heterocycles. The van der Waals surface area contributed by atoms with Gasteiger partial charge in [-0.25, -0.2) is 4.52 Å². The lowest BCUT2D eigenvalue weighted by Gasteiger charge is -2.21. The van der Waals surface area contributed by atoms with Gasteiger partial charge in [-0.15, -0.1) is 0 Å². The summed E-state index contributed by atoms with van der Waals surface area (Å²) < 4.78 is 3.85. The van der Waals surface area contributed by atoms with Gasteiger partial charge >= 0.3 is 0 Å². The fourth-order valence-electron chi connectivity index (χ4n) is 4.20. The van der Waals surface area contributed by atoms with E-state index in [1.807, 2.05) is 30.6 Å². The van der Waals surface area contributed by atoms with Crippen LogP contribution < -0.4 is 0 Å². The van der Waals surface area contributed by atoms with Crippen molar-refractivity contribution in [2.75, 3.05) is 0 Å². The predicted octanol–water partition coefficient (Wildman–Crippen LogP) is 5.60. The first-order chi connectivity index (χ1) is 15.3. The molecule has 1 saturated carbocycles. The van der Waals surface area contributed by atoms with Gasteiger partial charge in [0.25, 0.3) is 0 Å². The number of pyridine rings is 1. The minimum Gasteiger partial charge on any atom is -0.269 e. The zero-order valence-corrected chi connectivity index (χ0v) is 17.7. The molecule has 1 fully saturated rings. The average molecular weight is 425 g/mol. The number of hydrogen-bond acceptors (Lipinski definition) is 5. The van der Waals surface area contributed by atoms with E-state index in [-0.39, 0.29) is 0 Å². The highest BCUT2D eigenvalue weighted by atomic mass is 32.2. The third-order valence-electron chi connectivity index (χ3n) is 5.81. The van der Waals surface area contributed by atoms with E-state index in [1.54, 1.807) is 16.8 Å². The van der Waals surface area contributed by atoms with Crippen LogP contribution in [0, 0.1) is 22.7 Å². The van der Waals surface area contributed by atoms with Crippen LogP contribution in [0.3, 0.4) is 0 Å². The van der Waals surface area contributed by atoms with Crippen LogP contribution in [0.4, 0.5) is 0 Å². The molecule has 5 rings (SSSR count). The van der Waals surface area contributed by atoms with Crippen molar-refractivity contribution in [2.45, 2.75) is 47.9 Å². The third-order valence-corrected chi connectivity index (χ3v) is 6.92. The molecule has 0 N–H and O–H groups in total. The average Bonchev–Trinajstić information content (AvgIpc) is 3.47. The quantitative estimate of drug-likeness (QED) is 0.426. The molecule has 4 aromatic rings. The van der Waals surface area contributed by atoms with Crippen LogP contribution >= 0.6 is 11.8 Å². The lowest BCUT2D eigenvalue weighted by atomic mass is 9.96. The van der Waals surface area contributed by atoms with Crippen LogP contribution in [-0.2, 0) is 0 Å². The first-order valence-corrected chi connectivity index (χ1v) is 11.2. The molecule has 0 radical (unpaired) electrons. The van der Waals surface area contributed by atoms with E-state index in [9.17, 15) is 10.5 Å². The summed E-state index contributed by atoms with van der Waals surface area (Å²) in [5.74, 6) is 0. The van der Waals surface area contributed by atoms with Gasteiger partial charge < -0.3 is 0 Å². The Balaban J connectivity index is 1.59. The Labute approximate surface area is 184 Å². The first kappa shape index (κ1) is 19.4. The molecule has 0 atom stereocenters. The van der Waals surface area contributed by atoms with E-state index in [0.29, 0.717) is 17.2 Å². The second-order valence-electron chi connectivity index (χ2n) is 7.77. The van der Waals surface area contributed by atoms with Crippen molar-refractivity contribution in [3.05, 3.63) is 66.2 Å². The van der Waals surface area contributed by atoms with Crippen molar-refractivity contribution in [2.24, 2.45) is 0 Å². The Morgan fingerprint density at radius 2 is 1.68 bits per heavy atom. The molecule has 1 aliphatic rings. The Hall–Kier alpha value is -3.55. The summed E-state index contributed by atoms with van der Waals surface area (Å²) in [4.78, 5) is 1.74. The van der Waals surface area contributed by atoms with Crippen LogP contribution in [0.2, 0.25) is 0 Å². The van der Waals surface area contributed by atoms with Gasteiger partial charge in [0.2, 0.25) is 0 Å². The largest absolute Gasteiger partial charge is 0.269 e. The Morgan fingerprint density at radius 1 is 0.871 bits per heavy atom. The number of nitrogens with zero attached hydrogens (tertiary/aromatic N) is 6. The van der Waals surface area contributed by atoms with Gasteiger partial charge in [0.1, 0.15) is 12.1 Å². The summed E-state index contributed by atoms with van der Waals surface area (Å²) in [6.45, 7) is 0. The minimum absolute atomic E-state index is 0.470. The highest BCUT2D eigenvalue weighted by Crippen LogP contribution is 2.37. The summed E-state index contributed by atoms with van der Waals surface area (Å²) in [7, 11) is 0. The van der Waals surface area contributed by atoms with E-state index in [0.717, 1.165) is 26.4 Å². The number of aromatic nitrogens is 4. The molecule has 7 heteroatoms. The van der Waals surface area contributed by atoms with Crippen LogP contribution in [0.5, 0.6) is 0 Å². The Kier molecular flexibility index (Phi) is 5.19. The highest BCUT2D eigenvalue weighted by molar-refractivity contribution is 7.99. The van der Waals surface area contributed by atoms with E-state index >= 15 is 0 Å². The van der Waals surface area contributed by atoms with Crippen LogP contribution in [-0.4, -0.2) is 19.4 Å². The van der Waals surface area contributed by atoms with Crippen LogP contribution in [0.1, 0.15) is 49.3 Å². The monoisotopic (exact) mass is 424 g/mol. The van der Waals surface area contributed by atoms with Gasteiger partial charge in [-0.3, -0.25) is 4.68 Å². The smallest absolute Gasteiger partial charge is 0.103 e. The Bertz CT molecular complexity index is 1330. The van der Waals surface area contributed by atoms with Crippen molar-refractivity contribution in [1.82, 2.24) is 19.4 Å². The lowest BCUT2D eigenvalue weighted by Crippen LogP contribution is -2.12. The molecule has 152 valence electrons. The molecular formula is C24H20N6S. The fourth-order valence-corrected chi connectivity index (χ4v) is 5.29. The van der Waals surface area contributed by atoms with Gasteiger partial charge in [-0.2, -0.15) is 20.7 Å². The van der Waals surface area contributed by atoms with Crippen molar-refractivity contribution in [3.63, 3.8) is 0 Å². The number of nitriles is 2. The number of hydrogen-bond donors (Lipinski definition) is 0. The third kappa shape index (κ3) is 3.69. The molecule has 0 unspecified atom stereocenters. The van der Waals surface area contributed by atoms with Crippen molar-refractivity contribution < 1.29 is 0 Å². The number of rotatable bonds is 4. The van der Waals surface area contributed by atoms with Gasteiger partial charge in [0, 0.05) is 33.3 Å². The summed E-state index contributed by atoms with van der Waals surface area (Å²) in [5, 5.41) is 28.1. The predicted molar refractivity (Wildman–Crippen MR) is 119 cm³/mol. The minimum atomic E-state index is 0.470. The normalized spacial score (nSPS) is 14.4. The maximum atomic E-state index is 9.57. The van der Waals surface area contributed by atoms with Crippen molar-refractivity contribution >= 4 is 17.3 Å². The molecule has 3 heterocycles. The highest BCUT2D eigenvalue weighted by Gasteiger charge is 2.18. The zero-order chi connectivity index (χ0) is 21.2. The van der Waals surface area contributed by atoms with Gasteiger partial charge in [-0.05, 0) is 31.0 Å². The SMILES string of the molecule is N#Cc1ccccc1Sc1cc(-c2cnn(C3CCCCC3)c2)cn2ncc(C#N)c12. The van der Waals surface area contributed by atoms with E-state index in [2.05, 4.69) is 39.3 Å². The molecule has 0 spiro atoms. The summed E-state index contributed by atoms with van der Waals surface area (Å²) in [5.41, 5.74) is 3.89. The second kappa shape index (κ2) is 8.29. The van der Waals surface area contributed by atoms with Gasteiger partial charge in [0.15, 0.2) is 0 Å². The Morgan fingerprint density at radius 3 is 2.48 bits per heavy atom. The molecule has 6 nitrogen and oxygen atoms in total. The second-order valence-corrected chi connectivity index (χ2v) is 8.85. The molecule has 0 amide bonds. The van der Waals surface area contributed by atoms with Gasteiger partial charge in [-0.1, -0.05) is 43.2 Å². The van der Waals surface area contributed by atoms with E-state index in [1.165, 1.54) is 43.9 Å². The summed E-state index contributed by atoms with van der Waals surface area (Å²) in [6.07, 6.45) is 13.7. The molecule has 0 bridgehead atoms. The molecule has 1 aromatic carbocycles. The number of fused-ring (bicyclic) bond motifs is 1. The first-order valence-electron chi connectivity index (χ1n) is 10.4. The van der Waals surface area contributed by atoms with Gasteiger partial charge in [0.05, 0.1) is 35.1 Å². The van der Waals surface area contributed by atoms with E-state index < -0.39 is 0 Å². The molecule has 31 heavy (non-hydrogen) atoms. The lowest BCUT2D eigenvalue weighted by molar-refractivity contribution is 0.329. The molecule has 1 aliphatic carbocycles. The van der Waals surface area contributed by atoms with Crippen molar-refractivity contribution in [3.8, 4) is 23.3 Å². The summed E-state index contributed by atoms with van der Waals surface area (Å²) >= 11 is 1.48.